The van der Waals surface area contributed by atoms with Crippen LogP contribution in [-0.2, 0) is 10.0 Å². The summed E-state index contributed by atoms with van der Waals surface area (Å²) >= 11 is 4.94. The van der Waals surface area contributed by atoms with Crippen molar-refractivity contribution < 1.29 is 8.42 Å². The van der Waals surface area contributed by atoms with E-state index in [1.807, 2.05) is 24.3 Å². The van der Waals surface area contributed by atoms with Gasteiger partial charge in [0.2, 0.25) is 10.0 Å². The highest BCUT2D eigenvalue weighted by atomic mass is 79.9. The Hall–Kier alpha value is -1.02. The summed E-state index contributed by atoms with van der Waals surface area (Å²) in [6, 6.07) is 12.4. The predicted octanol–water partition coefficient (Wildman–Crippen LogP) is 2.83. The number of primary sulfonamides is 1. The first kappa shape index (κ1) is 14.4. The number of nitrogens with two attached hydrogens (primary N) is 2. The minimum Gasteiger partial charge on any atom is -0.398 e. The summed E-state index contributed by atoms with van der Waals surface area (Å²) in [6.45, 7) is 0. The zero-order valence-corrected chi connectivity index (χ0v) is 12.9. The highest BCUT2D eigenvalue weighted by Crippen LogP contribution is 2.35. The second kappa shape index (κ2) is 5.54. The fraction of sp³-hybridized carbons (Fsp3) is 0. The lowest BCUT2D eigenvalue weighted by molar-refractivity contribution is 0.598. The van der Waals surface area contributed by atoms with E-state index in [-0.39, 0.29) is 10.6 Å². The number of halogens is 1. The molecule has 0 saturated carbocycles. The minimum atomic E-state index is -3.77. The molecule has 4 N–H and O–H groups in total. The molecule has 0 fully saturated rings. The average Bonchev–Trinajstić information content (AvgIpc) is 2.30. The van der Waals surface area contributed by atoms with E-state index in [2.05, 4.69) is 15.9 Å². The molecule has 7 heteroatoms. The Kier molecular flexibility index (Phi) is 4.19. The van der Waals surface area contributed by atoms with E-state index in [1.165, 1.54) is 17.8 Å². The van der Waals surface area contributed by atoms with Crippen LogP contribution in [0, 0.1) is 0 Å². The molecule has 0 unspecified atom stereocenters. The Morgan fingerprint density at radius 3 is 2.37 bits per heavy atom. The number of hydrogen-bond donors (Lipinski definition) is 2. The van der Waals surface area contributed by atoms with Crippen LogP contribution in [0.2, 0.25) is 0 Å². The van der Waals surface area contributed by atoms with Crippen LogP contribution in [-0.4, -0.2) is 8.42 Å². The standard InChI is InChI=1S/C12H11BrN2O2S2/c13-9-3-1-2-4-11(9)18-8-5-6-12(10(14)7-8)19(15,16)17/h1-7H,14H2,(H2,15,16,17). The summed E-state index contributed by atoms with van der Waals surface area (Å²) in [5, 5.41) is 5.06. The first-order valence-electron chi connectivity index (χ1n) is 5.22. The van der Waals surface area contributed by atoms with Crippen molar-refractivity contribution in [1.82, 2.24) is 0 Å². The van der Waals surface area contributed by atoms with Crippen LogP contribution in [0.3, 0.4) is 0 Å². The molecule has 0 bridgehead atoms. The lowest BCUT2D eigenvalue weighted by Crippen LogP contribution is -2.14. The molecule has 19 heavy (non-hydrogen) atoms. The van der Waals surface area contributed by atoms with Crippen LogP contribution >= 0.6 is 27.7 Å². The largest absolute Gasteiger partial charge is 0.398 e. The van der Waals surface area contributed by atoms with Gasteiger partial charge in [0, 0.05) is 14.3 Å². The zero-order chi connectivity index (χ0) is 14.0. The average molecular weight is 359 g/mol. The van der Waals surface area contributed by atoms with Crippen LogP contribution < -0.4 is 10.9 Å². The van der Waals surface area contributed by atoms with Gasteiger partial charge in [-0.3, -0.25) is 0 Å². The molecule has 0 aliphatic heterocycles. The van der Waals surface area contributed by atoms with Gasteiger partial charge in [0.1, 0.15) is 4.90 Å². The predicted molar refractivity (Wildman–Crippen MR) is 80.5 cm³/mol. The maximum Gasteiger partial charge on any atom is 0.240 e. The SMILES string of the molecule is Nc1cc(Sc2ccccc2Br)ccc1S(N)(=O)=O. The molecule has 4 nitrogen and oxygen atoms in total. The Morgan fingerprint density at radius 1 is 1.11 bits per heavy atom. The number of anilines is 1. The van der Waals surface area contributed by atoms with Crippen LogP contribution in [0.1, 0.15) is 0 Å². The number of benzene rings is 2. The Balaban J connectivity index is 2.34. The fourth-order valence-corrected chi connectivity index (χ4v) is 3.56. The maximum absolute atomic E-state index is 11.3. The van der Waals surface area contributed by atoms with E-state index >= 15 is 0 Å². The monoisotopic (exact) mass is 358 g/mol. The summed E-state index contributed by atoms with van der Waals surface area (Å²) < 4.78 is 23.5. The van der Waals surface area contributed by atoms with Crippen LogP contribution in [0.15, 0.2) is 61.6 Å². The van der Waals surface area contributed by atoms with E-state index in [9.17, 15) is 8.42 Å². The molecule has 0 saturated heterocycles. The van der Waals surface area contributed by atoms with Crippen molar-refractivity contribution in [2.24, 2.45) is 5.14 Å². The normalized spacial score (nSPS) is 11.5. The molecule has 0 aromatic heterocycles. The molecule has 2 aromatic rings. The van der Waals surface area contributed by atoms with Gasteiger partial charge in [-0.25, -0.2) is 13.6 Å². The smallest absolute Gasteiger partial charge is 0.240 e. The lowest BCUT2D eigenvalue weighted by Gasteiger charge is -2.07. The summed E-state index contributed by atoms with van der Waals surface area (Å²) in [4.78, 5) is 1.81. The van der Waals surface area contributed by atoms with Crippen molar-refractivity contribution >= 4 is 43.4 Å². The molecule has 0 atom stereocenters. The summed E-state index contributed by atoms with van der Waals surface area (Å²) in [6.07, 6.45) is 0. The Bertz CT molecular complexity index is 717. The van der Waals surface area contributed by atoms with Crippen molar-refractivity contribution in [2.45, 2.75) is 14.7 Å². The van der Waals surface area contributed by atoms with Gasteiger partial charge in [-0.2, -0.15) is 0 Å². The first-order valence-corrected chi connectivity index (χ1v) is 8.38. The third kappa shape index (κ3) is 3.50. The second-order valence-electron chi connectivity index (χ2n) is 3.78. The second-order valence-corrected chi connectivity index (χ2v) is 7.28. The molecule has 0 spiro atoms. The van der Waals surface area contributed by atoms with E-state index in [0.717, 1.165) is 14.3 Å². The number of rotatable bonds is 3. The fourth-order valence-electron chi connectivity index (χ4n) is 1.50. The van der Waals surface area contributed by atoms with E-state index in [1.54, 1.807) is 12.1 Å². The Morgan fingerprint density at radius 2 is 1.79 bits per heavy atom. The number of sulfonamides is 1. The highest BCUT2D eigenvalue weighted by Gasteiger charge is 2.13. The van der Waals surface area contributed by atoms with Crippen molar-refractivity contribution in [2.75, 3.05) is 5.73 Å². The molecule has 0 aliphatic rings. The van der Waals surface area contributed by atoms with E-state index in [0.29, 0.717) is 0 Å². The first-order chi connectivity index (χ1) is 8.88. The van der Waals surface area contributed by atoms with E-state index in [4.69, 9.17) is 10.9 Å². The molecule has 0 amide bonds. The molecule has 2 rings (SSSR count). The quantitative estimate of drug-likeness (QED) is 0.825. The van der Waals surface area contributed by atoms with Gasteiger partial charge in [-0.1, -0.05) is 23.9 Å². The van der Waals surface area contributed by atoms with Gasteiger partial charge < -0.3 is 5.73 Å². The summed E-state index contributed by atoms with van der Waals surface area (Å²) in [5.41, 5.74) is 5.87. The van der Waals surface area contributed by atoms with Crippen molar-refractivity contribution in [3.05, 3.63) is 46.9 Å². The zero-order valence-electron chi connectivity index (χ0n) is 9.71. The molecule has 2 aromatic carbocycles. The molecule has 0 heterocycles. The third-order valence-corrected chi connectivity index (χ3v) is 5.36. The number of nitrogen functional groups attached to an aromatic ring is 1. The van der Waals surface area contributed by atoms with Crippen LogP contribution in [0.4, 0.5) is 5.69 Å². The van der Waals surface area contributed by atoms with Crippen molar-refractivity contribution in [1.29, 1.82) is 0 Å². The van der Waals surface area contributed by atoms with Gasteiger partial charge in [0.25, 0.3) is 0 Å². The van der Waals surface area contributed by atoms with Gasteiger partial charge in [0.15, 0.2) is 0 Å². The maximum atomic E-state index is 11.3. The minimum absolute atomic E-state index is 0.0519. The number of hydrogen-bond acceptors (Lipinski definition) is 4. The van der Waals surface area contributed by atoms with Gasteiger partial charge in [-0.15, -0.1) is 0 Å². The molecule has 100 valence electrons. The molecular formula is C12H11BrN2O2S2. The summed E-state index contributed by atoms with van der Waals surface area (Å²) in [7, 11) is -3.77. The van der Waals surface area contributed by atoms with Crippen LogP contribution in [0.5, 0.6) is 0 Å². The van der Waals surface area contributed by atoms with Crippen LogP contribution in [0.25, 0.3) is 0 Å². The van der Waals surface area contributed by atoms with Crippen molar-refractivity contribution in [3.63, 3.8) is 0 Å². The lowest BCUT2D eigenvalue weighted by atomic mass is 10.3. The molecule has 0 radical (unpaired) electrons. The summed E-state index contributed by atoms with van der Waals surface area (Å²) in [5.74, 6) is 0. The van der Waals surface area contributed by atoms with E-state index < -0.39 is 10.0 Å². The highest BCUT2D eigenvalue weighted by molar-refractivity contribution is 9.10. The third-order valence-electron chi connectivity index (χ3n) is 2.35. The van der Waals surface area contributed by atoms with Gasteiger partial charge in [0.05, 0.1) is 5.69 Å². The molecule has 0 aliphatic carbocycles. The van der Waals surface area contributed by atoms with Gasteiger partial charge in [-0.05, 0) is 46.3 Å². The molecular weight excluding hydrogens is 348 g/mol. The Labute approximate surface area is 124 Å². The topological polar surface area (TPSA) is 86.2 Å². The van der Waals surface area contributed by atoms with Crippen molar-refractivity contribution in [3.8, 4) is 0 Å². The van der Waals surface area contributed by atoms with Gasteiger partial charge >= 0.3 is 0 Å².